The molecule has 0 aromatic carbocycles. The Bertz CT molecular complexity index is 270. The number of unbranched alkanes of at least 4 members (excludes halogenated alkanes) is 9. The molecule has 0 radical (unpaired) electrons. The number of quaternary nitrogens is 1. The first kappa shape index (κ1) is 23.9. The minimum absolute atomic E-state index is 0. The van der Waals surface area contributed by atoms with Crippen LogP contribution in [-0.2, 0) is 9.53 Å². The molecule has 3 nitrogen and oxygen atoms in total. The zero-order valence-electron chi connectivity index (χ0n) is 14.7. The van der Waals surface area contributed by atoms with Crippen molar-refractivity contribution in [2.24, 2.45) is 0 Å². The highest BCUT2D eigenvalue weighted by Crippen LogP contribution is 2.09. The molecule has 0 aromatic rings. The van der Waals surface area contributed by atoms with Crippen LogP contribution in [0.15, 0.2) is 12.2 Å². The van der Waals surface area contributed by atoms with E-state index in [9.17, 15) is 4.79 Å². The summed E-state index contributed by atoms with van der Waals surface area (Å²) in [6.45, 7) is 9.98. The summed E-state index contributed by atoms with van der Waals surface area (Å²) in [6, 6.07) is 0. The van der Waals surface area contributed by atoms with Gasteiger partial charge in [0.1, 0.15) is 13.2 Å². The van der Waals surface area contributed by atoms with Crippen molar-refractivity contribution < 1.29 is 31.8 Å². The number of halogens is 1. The van der Waals surface area contributed by atoms with Gasteiger partial charge in [-0.3, -0.25) is 0 Å². The average Bonchev–Trinajstić information content (AvgIpc) is 2.47. The van der Waals surface area contributed by atoms with Crippen LogP contribution >= 0.6 is 0 Å². The van der Waals surface area contributed by atoms with Gasteiger partial charge < -0.3 is 27.0 Å². The van der Waals surface area contributed by atoms with Crippen LogP contribution in [0, 0.1) is 0 Å². The second-order valence-corrected chi connectivity index (χ2v) is 5.96. The van der Waals surface area contributed by atoms with E-state index in [4.69, 9.17) is 4.74 Å². The highest BCUT2D eigenvalue weighted by atomic mass is 79.9. The lowest BCUT2D eigenvalue weighted by molar-refractivity contribution is -0.656. The largest absolute Gasteiger partial charge is 1.00 e. The molecule has 0 aliphatic heterocycles. The van der Waals surface area contributed by atoms with Gasteiger partial charge in [-0.2, -0.15) is 0 Å². The maximum Gasteiger partial charge on any atom is 0.333 e. The maximum absolute atomic E-state index is 11.1. The third-order valence-corrected chi connectivity index (χ3v) is 3.67. The van der Waals surface area contributed by atoms with Crippen molar-refractivity contribution in [3.63, 3.8) is 0 Å². The first-order chi connectivity index (χ1) is 10.2. The summed E-state index contributed by atoms with van der Waals surface area (Å²) < 4.78 is 5.03. The molecule has 0 saturated heterocycles. The monoisotopic (exact) mass is 377 g/mol. The quantitative estimate of drug-likeness (QED) is 0.258. The van der Waals surface area contributed by atoms with Gasteiger partial charge in [0.05, 0.1) is 6.54 Å². The van der Waals surface area contributed by atoms with E-state index in [1.54, 1.807) is 6.92 Å². The summed E-state index contributed by atoms with van der Waals surface area (Å²) in [5.41, 5.74) is 0.477. The highest BCUT2D eigenvalue weighted by molar-refractivity contribution is 5.86. The predicted octanol–water partition coefficient (Wildman–Crippen LogP) is 0.594. The van der Waals surface area contributed by atoms with Gasteiger partial charge in [0.15, 0.2) is 0 Å². The first-order valence-electron chi connectivity index (χ1n) is 8.82. The zero-order valence-corrected chi connectivity index (χ0v) is 16.3. The summed E-state index contributed by atoms with van der Waals surface area (Å²) in [6.07, 6.45) is 13.8. The molecule has 0 rings (SSSR count). The molecule has 0 aliphatic carbocycles. The van der Waals surface area contributed by atoms with Crippen molar-refractivity contribution in [2.45, 2.75) is 78.1 Å². The van der Waals surface area contributed by atoms with Gasteiger partial charge in [-0.1, -0.05) is 64.9 Å². The maximum atomic E-state index is 11.1. The van der Waals surface area contributed by atoms with Crippen molar-refractivity contribution in [1.82, 2.24) is 0 Å². The smallest absolute Gasteiger partial charge is 0.333 e. The van der Waals surface area contributed by atoms with Crippen LogP contribution in [0.5, 0.6) is 0 Å². The average molecular weight is 378 g/mol. The number of ether oxygens (including phenoxy) is 1. The van der Waals surface area contributed by atoms with Gasteiger partial charge in [0.25, 0.3) is 0 Å². The van der Waals surface area contributed by atoms with Gasteiger partial charge in [-0.05, 0) is 19.8 Å². The molecule has 0 aromatic heterocycles. The molecule has 0 saturated carbocycles. The van der Waals surface area contributed by atoms with Crippen LogP contribution in [0.1, 0.15) is 78.1 Å². The fraction of sp³-hybridized carbons (Fsp3) is 0.833. The molecule has 0 unspecified atom stereocenters. The molecule has 0 bridgehead atoms. The fourth-order valence-corrected chi connectivity index (χ4v) is 2.28. The van der Waals surface area contributed by atoms with E-state index in [0.717, 1.165) is 13.1 Å². The lowest BCUT2D eigenvalue weighted by Crippen LogP contribution is -3.00. The van der Waals surface area contributed by atoms with E-state index in [0.29, 0.717) is 12.2 Å². The summed E-state index contributed by atoms with van der Waals surface area (Å²) in [5.74, 6) is -0.276. The fourth-order valence-electron chi connectivity index (χ4n) is 2.28. The lowest BCUT2D eigenvalue weighted by atomic mass is 10.1. The zero-order chi connectivity index (χ0) is 15.8. The standard InChI is InChI=1S/C18H35NO2.BrH/c1-4-5-6-7-8-9-10-11-12-13-14-19-15-16-21-18(20)17(2)3;/h19H,2,4-16H2,1,3H3;1H. The number of esters is 1. The number of hydrogen-bond donors (Lipinski definition) is 1. The molecule has 0 spiro atoms. The molecule has 0 heterocycles. The normalized spacial score (nSPS) is 10.1. The Balaban J connectivity index is 0. The van der Waals surface area contributed by atoms with Gasteiger partial charge in [0, 0.05) is 5.57 Å². The molecule has 132 valence electrons. The first-order valence-corrected chi connectivity index (χ1v) is 8.82. The molecule has 2 N–H and O–H groups in total. The van der Waals surface area contributed by atoms with Crippen molar-refractivity contribution in [1.29, 1.82) is 0 Å². The van der Waals surface area contributed by atoms with Crippen LogP contribution in [0.25, 0.3) is 0 Å². The summed E-state index contributed by atoms with van der Waals surface area (Å²) in [7, 11) is 0. The topological polar surface area (TPSA) is 42.9 Å². The Morgan fingerprint density at radius 2 is 1.41 bits per heavy atom. The van der Waals surface area contributed by atoms with E-state index in [1.807, 2.05) is 0 Å². The van der Waals surface area contributed by atoms with Crippen LogP contribution in [-0.4, -0.2) is 25.7 Å². The van der Waals surface area contributed by atoms with E-state index >= 15 is 0 Å². The molecular formula is C18H36BrNO2. The van der Waals surface area contributed by atoms with Crippen molar-refractivity contribution in [2.75, 3.05) is 19.7 Å². The van der Waals surface area contributed by atoms with Crippen LogP contribution in [0.3, 0.4) is 0 Å². The lowest BCUT2D eigenvalue weighted by Gasteiger charge is -2.04. The van der Waals surface area contributed by atoms with E-state index in [-0.39, 0.29) is 23.0 Å². The van der Waals surface area contributed by atoms with Crippen molar-refractivity contribution >= 4 is 5.97 Å². The Kier molecular flexibility index (Phi) is 20.3. The summed E-state index contributed by atoms with van der Waals surface area (Å²) in [4.78, 5) is 11.1. The van der Waals surface area contributed by atoms with Gasteiger partial charge in [-0.15, -0.1) is 0 Å². The Hall–Kier alpha value is -0.350. The molecule has 0 aliphatic rings. The van der Waals surface area contributed by atoms with Crippen LogP contribution < -0.4 is 22.3 Å². The second kappa shape index (κ2) is 18.7. The SMILES string of the molecule is C=C(C)C(=O)OCC[NH2+]CCCCCCCCCCCC.[Br-]. The molecule has 0 atom stereocenters. The molecule has 4 heteroatoms. The molecule has 0 fully saturated rings. The number of rotatable bonds is 15. The number of hydrogen-bond acceptors (Lipinski definition) is 2. The third kappa shape index (κ3) is 17.7. The molecular weight excluding hydrogens is 342 g/mol. The van der Waals surface area contributed by atoms with Gasteiger partial charge in [-0.25, -0.2) is 4.79 Å². The number of carbonyl (C=O) groups is 1. The Morgan fingerprint density at radius 1 is 0.909 bits per heavy atom. The highest BCUT2D eigenvalue weighted by Gasteiger charge is 2.02. The third-order valence-electron chi connectivity index (χ3n) is 3.67. The molecule has 0 amide bonds. The van der Waals surface area contributed by atoms with Crippen molar-refractivity contribution in [3.8, 4) is 0 Å². The van der Waals surface area contributed by atoms with E-state index < -0.39 is 0 Å². The van der Waals surface area contributed by atoms with Crippen LogP contribution in [0.2, 0.25) is 0 Å². The predicted molar refractivity (Wildman–Crippen MR) is 89.3 cm³/mol. The minimum atomic E-state index is -0.276. The van der Waals surface area contributed by atoms with E-state index in [1.165, 1.54) is 64.2 Å². The van der Waals surface area contributed by atoms with Crippen LogP contribution in [0.4, 0.5) is 0 Å². The van der Waals surface area contributed by atoms with Gasteiger partial charge >= 0.3 is 5.97 Å². The molecule has 22 heavy (non-hydrogen) atoms. The Labute approximate surface area is 148 Å². The van der Waals surface area contributed by atoms with E-state index in [2.05, 4.69) is 18.8 Å². The summed E-state index contributed by atoms with van der Waals surface area (Å²) in [5, 5.41) is 2.23. The van der Waals surface area contributed by atoms with Gasteiger partial charge in [0.2, 0.25) is 0 Å². The number of carbonyl (C=O) groups excluding carboxylic acids is 1. The number of nitrogens with two attached hydrogens (primary N) is 1. The second-order valence-electron chi connectivity index (χ2n) is 5.96. The minimum Gasteiger partial charge on any atom is -1.00 e. The Morgan fingerprint density at radius 3 is 1.91 bits per heavy atom. The summed E-state index contributed by atoms with van der Waals surface area (Å²) >= 11 is 0. The van der Waals surface area contributed by atoms with Crippen molar-refractivity contribution in [3.05, 3.63) is 12.2 Å².